The van der Waals surface area contributed by atoms with Crippen molar-refractivity contribution in [2.75, 3.05) is 22.9 Å². The molecule has 7 aliphatic rings. The third-order valence-corrected chi connectivity index (χ3v) is 17.8. The number of benzene rings is 7. The van der Waals surface area contributed by atoms with Gasteiger partial charge in [0.15, 0.2) is 0 Å². The van der Waals surface area contributed by atoms with Gasteiger partial charge in [0.2, 0.25) is 0 Å². The number of aryl methyl sites for hydroxylation is 2. The fourth-order valence-electron chi connectivity index (χ4n) is 14.3. The minimum absolute atomic E-state index is 0.0549. The van der Waals surface area contributed by atoms with Crippen LogP contribution >= 0.6 is 0 Å². The van der Waals surface area contributed by atoms with Gasteiger partial charge in [0.25, 0.3) is 0 Å². The molecule has 2 heterocycles. The lowest BCUT2D eigenvalue weighted by Crippen LogP contribution is -2.24. The number of hydrogen-bond acceptors (Lipinski definition) is 2. The Hall–Kier alpha value is -6.90. The lowest BCUT2D eigenvalue weighted by molar-refractivity contribution is 0.532. The summed E-state index contributed by atoms with van der Waals surface area (Å²) in [6.45, 7) is 11.8. The van der Waals surface area contributed by atoms with Crippen LogP contribution in [0.15, 0.2) is 192 Å². The Kier molecular flexibility index (Phi) is 9.49. The van der Waals surface area contributed by atoms with E-state index in [4.69, 9.17) is 0 Å². The largest absolute Gasteiger partial charge is 0.341 e. The second-order valence-corrected chi connectivity index (χ2v) is 22.3. The van der Waals surface area contributed by atoms with Gasteiger partial charge < -0.3 is 9.80 Å². The van der Waals surface area contributed by atoms with Crippen LogP contribution in [0.25, 0.3) is 49.4 Å². The van der Waals surface area contributed by atoms with Gasteiger partial charge in [0, 0.05) is 52.6 Å². The van der Waals surface area contributed by atoms with Gasteiger partial charge in [-0.2, -0.15) is 0 Å². The van der Waals surface area contributed by atoms with Crippen LogP contribution in [0.5, 0.6) is 0 Å². The Balaban J connectivity index is 1.01. The van der Waals surface area contributed by atoms with E-state index in [-0.39, 0.29) is 10.8 Å². The normalized spacial score (nSPS) is 20.5. The lowest BCUT2D eigenvalue weighted by Gasteiger charge is -2.33. The van der Waals surface area contributed by atoms with Gasteiger partial charge in [0.05, 0.1) is 0 Å². The molecule has 344 valence electrons. The Bertz CT molecular complexity index is 3600. The molecule has 14 rings (SSSR count). The zero-order valence-corrected chi connectivity index (χ0v) is 41.3. The van der Waals surface area contributed by atoms with Crippen molar-refractivity contribution in [3.8, 4) is 22.3 Å². The minimum atomic E-state index is -0.0642. The smallest absolute Gasteiger partial charge is 0.0443 e. The number of rotatable bonds is 5. The summed E-state index contributed by atoms with van der Waals surface area (Å²) in [6.07, 6.45) is 24.9. The van der Waals surface area contributed by atoms with Crippen LogP contribution in [0.2, 0.25) is 0 Å². The molecule has 2 aliphatic heterocycles. The number of fused-ring (bicyclic) bond motifs is 8. The summed E-state index contributed by atoms with van der Waals surface area (Å²) in [4.78, 5) is 5.18. The van der Waals surface area contributed by atoms with Crippen molar-refractivity contribution in [2.24, 2.45) is 5.41 Å². The van der Waals surface area contributed by atoms with Crippen molar-refractivity contribution in [1.29, 1.82) is 0 Å². The summed E-state index contributed by atoms with van der Waals surface area (Å²) in [5.41, 5.74) is 26.8. The highest BCUT2D eigenvalue weighted by atomic mass is 15.1. The highest BCUT2D eigenvalue weighted by Crippen LogP contribution is 2.57. The molecule has 0 aromatic heterocycles. The summed E-state index contributed by atoms with van der Waals surface area (Å²) < 4.78 is 0. The quantitative estimate of drug-likeness (QED) is 0.159. The molecule has 0 saturated carbocycles. The van der Waals surface area contributed by atoms with E-state index in [9.17, 15) is 0 Å². The molecule has 2 heteroatoms. The molecule has 5 aliphatic carbocycles. The molecule has 0 fully saturated rings. The predicted molar refractivity (Wildman–Crippen MR) is 297 cm³/mol. The van der Waals surface area contributed by atoms with Crippen molar-refractivity contribution >= 4 is 49.9 Å². The van der Waals surface area contributed by atoms with E-state index >= 15 is 0 Å². The molecule has 0 bridgehead atoms. The summed E-state index contributed by atoms with van der Waals surface area (Å²) in [6, 6.07) is 50.3. The van der Waals surface area contributed by atoms with Crippen LogP contribution in [0.4, 0.5) is 22.7 Å². The van der Waals surface area contributed by atoms with E-state index in [1.807, 2.05) is 0 Å². The molecular weight excluding hydrogens is 845 g/mol. The van der Waals surface area contributed by atoms with E-state index in [0.29, 0.717) is 5.92 Å². The maximum absolute atomic E-state index is 2.65. The number of para-hydroxylation sites is 2. The molecule has 0 spiro atoms. The van der Waals surface area contributed by atoms with Crippen LogP contribution in [0.3, 0.4) is 0 Å². The SMILES string of the molecule is CC1(C)C2=CC(c3cccc(-c4c5ccc(N6CCCc7ccccc76)cc5c(-c5ccc6c(c5)C(C)(C)C5=C6CCC=C5)c5ccc(N6CCCc7ccccc76)cc45)c3)CC=C2C2=C1CCC=C2. The first-order chi connectivity index (χ1) is 34.2. The van der Waals surface area contributed by atoms with E-state index in [0.717, 1.165) is 64.5 Å². The third kappa shape index (κ3) is 6.30. The van der Waals surface area contributed by atoms with E-state index in [1.54, 1.807) is 11.1 Å². The van der Waals surface area contributed by atoms with Gasteiger partial charge in [-0.25, -0.2) is 0 Å². The molecule has 2 nitrogen and oxygen atoms in total. The molecule has 0 N–H and O–H groups in total. The zero-order chi connectivity index (χ0) is 46.9. The molecule has 1 atom stereocenters. The fraction of sp³-hybridized carbons (Fsp3) is 0.265. The Labute approximate surface area is 414 Å². The number of anilines is 4. The third-order valence-electron chi connectivity index (χ3n) is 17.8. The van der Waals surface area contributed by atoms with Gasteiger partial charge in [-0.15, -0.1) is 0 Å². The van der Waals surface area contributed by atoms with Crippen molar-refractivity contribution in [2.45, 2.75) is 96.8 Å². The Morgan fingerprint density at radius 2 is 1.19 bits per heavy atom. The molecular formula is C68H62N2. The average Bonchev–Trinajstić information content (AvgIpc) is 3.78. The predicted octanol–water partition coefficient (Wildman–Crippen LogP) is 17.9. The number of hydrogen-bond donors (Lipinski definition) is 0. The highest BCUT2D eigenvalue weighted by molar-refractivity contribution is 6.22. The van der Waals surface area contributed by atoms with Crippen molar-refractivity contribution in [1.82, 2.24) is 0 Å². The molecule has 0 radical (unpaired) electrons. The van der Waals surface area contributed by atoms with Crippen LogP contribution in [0.1, 0.15) is 106 Å². The van der Waals surface area contributed by atoms with E-state index in [1.165, 1.54) is 123 Å². The molecule has 7 aromatic rings. The second kappa shape index (κ2) is 15.8. The van der Waals surface area contributed by atoms with Crippen molar-refractivity contribution in [3.05, 3.63) is 220 Å². The van der Waals surface area contributed by atoms with Gasteiger partial charge in [-0.05, 0) is 200 Å². The van der Waals surface area contributed by atoms with Gasteiger partial charge in [-0.1, -0.05) is 155 Å². The summed E-state index contributed by atoms with van der Waals surface area (Å²) in [7, 11) is 0. The topological polar surface area (TPSA) is 6.48 Å². The maximum atomic E-state index is 2.65. The average molecular weight is 907 g/mol. The Morgan fingerprint density at radius 1 is 0.543 bits per heavy atom. The Morgan fingerprint density at radius 3 is 1.89 bits per heavy atom. The van der Waals surface area contributed by atoms with Crippen LogP contribution < -0.4 is 9.80 Å². The van der Waals surface area contributed by atoms with Crippen molar-refractivity contribution in [3.63, 3.8) is 0 Å². The van der Waals surface area contributed by atoms with E-state index < -0.39 is 0 Å². The first-order valence-corrected chi connectivity index (χ1v) is 26.5. The van der Waals surface area contributed by atoms with Gasteiger partial charge in [-0.3, -0.25) is 0 Å². The molecule has 1 unspecified atom stereocenters. The molecule has 7 aromatic carbocycles. The van der Waals surface area contributed by atoms with E-state index in [2.05, 4.69) is 201 Å². The fourth-order valence-corrected chi connectivity index (χ4v) is 14.3. The first kappa shape index (κ1) is 42.0. The van der Waals surface area contributed by atoms with Crippen LogP contribution in [-0.4, -0.2) is 13.1 Å². The summed E-state index contributed by atoms with van der Waals surface area (Å²) in [5, 5.41) is 5.27. The minimum Gasteiger partial charge on any atom is -0.341 e. The first-order valence-electron chi connectivity index (χ1n) is 26.5. The van der Waals surface area contributed by atoms with Crippen LogP contribution in [0, 0.1) is 5.41 Å². The number of nitrogens with zero attached hydrogens (tertiary/aromatic N) is 2. The molecule has 0 amide bonds. The summed E-state index contributed by atoms with van der Waals surface area (Å²) in [5.74, 6) is 0.315. The second-order valence-electron chi connectivity index (χ2n) is 22.3. The highest BCUT2D eigenvalue weighted by Gasteiger charge is 2.42. The van der Waals surface area contributed by atoms with Crippen LogP contribution in [-0.2, 0) is 18.3 Å². The van der Waals surface area contributed by atoms with Crippen molar-refractivity contribution < 1.29 is 0 Å². The molecule has 70 heavy (non-hydrogen) atoms. The monoisotopic (exact) mass is 906 g/mol. The maximum Gasteiger partial charge on any atom is 0.0443 e. The number of allylic oxidation sites excluding steroid dienone is 12. The molecule has 0 saturated heterocycles. The summed E-state index contributed by atoms with van der Waals surface area (Å²) >= 11 is 0. The zero-order valence-electron chi connectivity index (χ0n) is 41.3. The van der Waals surface area contributed by atoms with Gasteiger partial charge in [0.1, 0.15) is 0 Å². The standard InChI is InChI=1S/C68H62N2/c1-67(2)59-24-9-7-22-51(59)53-32-28-46(39-61(53)67)45-18-13-19-47(38-45)65-55-34-30-50(70-37-15-21-44-17-6-12-27-64(44)70)42-58(55)66(48-29-33-54-52-23-8-10-25-60(52)68(3,4)62(54)40-48)56-35-31-49(41-57(56)65)69-36-14-20-43-16-5-11-26-63(43)69/h5-7,10-13,16-19,22,25-27,29-35,38-42,46H,8-9,14-15,20-21,23-24,28,36-37H2,1-4H3. The van der Waals surface area contributed by atoms with Gasteiger partial charge >= 0.3 is 0 Å². The lowest BCUT2D eigenvalue weighted by atomic mass is 9.75.